The molecule has 0 amide bonds. The van der Waals surface area contributed by atoms with Gasteiger partial charge in [0.15, 0.2) is 9.84 Å². The van der Waals surface area contributed by atoms with Gasteiger partial charge in [0.2, 0.25) is 0 Å². The third-order valence-electron chi connectivity index (χ3n) is 4.06. The normalized spacial score (nSPS) is 16.8. The summed E-state index contributed by atoms with van der Waals surface area (Å²) in [6, 6.07) is 7.60. The Bertz CT molecular complexity index is 519. The van der Waals surface area contributed by atoms with Crippen LogP contribution in [-0.2, 0) is 16.4 Å². The van der Waals surface area contributed by atoms with Gasteiger partial charge >= 0.3 is 0 Å². The van der Waals surface area contributed by atoms with Gasteiger partial charge in [-0.2, -0.15) is 0 Å². The molecule has 2 N–H and O–H groups in total. The van der Waals surface area contributed by atoms with Gasteiger partial charge in [0.1, 0.15) is 5.75 Å². The Morgan fingerprint density at radius 1 is 1.10 bits per heavy atom. The summed E-state index contributed by atoms with van der Waals surface area (Å²) in [5.74, 6) is 1.00. The lowest BCUT2D eigenvalue weighted by molar-refractivity contribution is 0.317. The van der Waals surface area contributed by atoms with E-state index in [2.05, 4.69) is 0 Å². The zero-order chi connectivity index (χ0) is 15.1. The first-order chi connectivity index (χ1) is 10.1. The Morgan fingerprint density at radius 2 is 1.76 bits per heavy atom. The summed E-state index contributed by atoms with van der Waals surface area (Å²) >= 11 is 0. The molecule has 1 aromatic carbocycles. The van der Waals surface area contributed by atoms with Crippen LogP contribution in [-0.4, -0.2) is 26.0 Å². The number of ether oxygens (including phenoxy) is 1. The van der Waals surface area contributed by atoms with Crippen LogP contribution in [0.4, 0.5) is 0 Å². The van der Waals surface area contributed by atoms with Crippen LogP contribution in [0.2, 0.25) is 0 Å². The molecule has 0 spiro atoms. The van der Waals surface area contributed by atoms with Crippen molar-refractivity contribution < 1.29 is 13.2 Å². The van der Waals surface area contributed by atoms with E-state index >= 15 is 0 Å². The van der Waals surface area contributed by atoms with Crippen molar-refractivity contribution in [2.24, 2.45) is 5.73 Å². The SMILES string of the molecule is NCc1ccc(OCCCS(=O)(=O)C2CCCCC2)cc1. The fourth-order valence-electron chi connectivity index (χ4n) is 2.76. The van der Waals surface area contributed by atoms with E-state index < -0.39 is 9.84 Å². The van der Waals surface area contributed by atoms with Crippen molar-refractivity contribution in [3.63, 3.8) is 0 Å². The first-order valence-electron chi connectivity index (χ1n) is 7.75. The van der Waals surface area contributed by atoms with E-state index in [4.69, 9.17) is 10.5 Å². The van der Waals surface area contributed by atoms with Gasteiger partial charge in [0.25, 0.3) is 0 Å². The molecule has 0 heterocycles. The maximum atomic E-state index is 12.2. The van der Waals surface area contributed by atoms with Gasteiger partial charge in [-0.05, 0) is 37.0 Å². The molecule has 0 atom stereocenters. The Kier molecular flexibility index (Phi) is 6.06. The third-order valence-corrected chi connectivity index (χ3v) is 6.41. The number of sulfone groups is 1. The molecule has 0 radical (unpaired) electrons. The zero-order valence-corrected chi connectivity index (χ0v) is 13.3. The monoisotopic (exact) mass is 311 g/mol. The molecule has 1 saturated carbocycles. The van der Waals surface area contributed by atoms with Crippen LogP contribution in [0.1, 0.15) is 44.1 Å². The number of benzene rings is 1. The standard InChI is InChI=1S/C16H25NO3S/c17-13-14-7-9-15(10-8-14)20-11-4-12-21(18,19)16-5-2-1-3-6-16/h7-10,16H,1-6,11-13,17H2. The minimum atomic E-state index is -2.94. The lowest BCUT2D eigenvalue weighted by Gasteiger charge is -2.21. The second-order valence-corrected chi connectivity index (χ2v) is 8.08. The van der Waals surface area contributed by atoms with Crippen LogP contribution in [0.15, 0.2) is 24.3 Å². The summed E-state index contributed by atoms with van der Waals surface area (Å²) in [7, 11) is -2.94. The lowest BCUT2D eigenvalue weighted by atomic mass is 10.0. The zero-order valence-electron chi connectivity index (χ0n) is 12.5. The molecule has 4 nitrogen and oxygen atoms in total. The Balaban J connectivity index is 1.73. The molecule has 1 fully saturated rings. The smallest absolute Gasteiger partial charge is 0.153 e. The van der Waals surface area contributed by atoms with Gasteiger partial charge in [-0.15, -0.1) is 0 Å². The van der Waals surface area contributed by atoms with Gasteiger partial charge in [0.05, 0.1) is 17.6 Å². The Labute approximate surface area is 127 Å². The molecule has 0 saturated heterocycles. The van der Waals surface area contributed by atoms with Gasteiger partial charge in [-0.25, -0.2) is 8.42 Å². The van der Waals surface area contributed by atoms with E-state index in [1.54, 1.807) is 0 Å². The highest BCUT2D eigenvalue weighted by Gasteiger charge is 2.26. The number of nitrogens with two attached hydrogens (primary N) is 1. The molecule has 0 aliphatic heterocycles. The average molecular weight is 311 g/mol. The average Bonchev–Trinajstić information content (AvgIpc) is 2.53. The van der Waals surface area contributed by atoms with E-state index in [0.717, 1.165) is 37.0 Å². The van der Waals surface area contributed by atoms with Crippen molar-refractivity contribution in [2.75, 3.05) is 12.4 Å². The molecule has 1 aromatic rings. The lowest BCUT2D eigenvalue weighted by Crippen LogP contribution is -2.27. The summed E-state index contributed by atoms with van der Waals surface area (Å²) in [4.78, 5) is 0. The summed E-state index contributed by atoms with van der Waals surface area (Å²) < 4.78 is 30.0. The van der Waals surface area contributed by atoms with Gasteiger partial charge in [-0.1, -0.05) is 31.4 Å². The molecule has 118 valence electrons. The first kappa shape index (κ1) is 16.3. The third kappa shape index (κ3) is 5.00. The topological polar surface area (TPSA) is 69.4 Å². The second-order valence-electron chi connectivity index (χ2n) is 5.68. The molecule has 0 unspecified atom stereocenters. The van der Waals surface area contributed by atoms with Crippen LogP contribution in [0.3, 0.4) is 0 Å². The molecule has 5 heteroatoms. The van der Waals surface area contributed by atoms with Crippen molar-refractivity contribution in [1.29, 1.82) is 0 Å². The molecule has 1 aliphatic rings. The fraction of sp³-hybridized carbons (Fsp3) is 0.625. The van der Waals surface area contributed by atoms with E-state index in [1.165, 1.54) is 6.42 Å². The highest BCUT2D eigenvalue weighted by molar-refractivity contribution is 7.92. The number of rotatable bonds is 7. The molecule has 21 heavy (non-hydrogen) atoms. The van der Waals surface area contributed by atoms with Gasteiger partial charge in [-0.3, -0.25) is 0 Å². The van der Waals surface area contributed by atoms with Crippen molar-refractivity contribution in [3.05, 3.63) is 29.8 Å². The molecule has 0 bridgehead atoms. The summed E-state index contributed by atoms with van der Waals surface area (Å²) in [6.07, 6.45) is 5.50. The van der Waals surface area contributed by atoms with E-state index in [1.807, 2.05) is 24.3 Å². The van der Waals surface area contributed by atoms with Crippen molar-refractivity contribution >= 4 is 9.84 Å². The van der Waals surface area contributed by atoms with Crippen LogP contribution in [0, 0.1) is 0 Å². The molecule has 1 aliphatic carbocycles. The van der Waals surface area contributed by atoms with Crippen LogP contribution in [0.5, 0.6) is 5.75 Å². The van der Waals surface area contributed by atoms with E-state index in [0.29, 0.717) is 19.6 Å². The maximum Gasteiger partial charge on any atom is 0.153 e. The fourth-order valence-corrected chi connectivity index (χ4v) is 4.67. The molecular weight excluding hydrogens is 286 g/mol. The van der Waals surface area contributed by atoms with Gasteiger partial charge < -0.3 is 10.5 Å². The van der Waals surface area contributed by atoms with E-state index in [9.17, 15) is 8.42 Å². The van der Waals surface area contributed by atoms with Crippen LogP contribution >= 0.6 is 0 Å². The molecule has 0 aromatic heterocycles. The maximum absolute atomic E-state index is 12.2. The predicted molar refractivity (Wildman–Crippen MR) is 85.1 cm³/mol. The summed E-state index contributed by atoms with van der Waals surface area (Å²) in [5.41, 5.74) is 6.59. The molecule has 2 rings (SSSR count). The minimum Gasteiger partial charge on any atom is -0.494 e. The highest BCUT2D eigenvalue weighted by Crippen LogP contribution is 2.24. The van der Waals surface area contributed by atoms with Crippen LogP contribution < -0.4 is 10.5 Å². The first-order valence-corrected chi connectivity index (χ1v) is 9.47. The number of hydrogen-bond donors (Lipinski definition) is 1. The summed E-state index contributed by atoms with van der Waals surface area (Å²) in [6.45, 7) is 0.952. The van der Waals surface area contributed by atoms with E-state index in [-0.39, 0.29) is 11.0 Å². The highest BCUT2D eigenvalue weighted by atomic mass is 32.2. The van der Waals surface area contributed by atoms with Crippen LogP contribution in [0.25, 0.3) is 0 Å². The van der Waals surface area contributed by atoms with Crippen molar-refractivity contribution in [1.82, 2.24) is 0 Å². The van der Waals surface area contributed by atoms with Crippen molar-refractivity contribution in [2.45, 2.75) is 50.3 Å². The quantitative estimate of drug-likeness (QED) is 0.786. The number of hydrogen-bond acceptors (Lipinski definition) is 4. The Morgan fingerprint density at radius 3 is 2.38 bits per heavy atom. The minimum absolute atomic E-state index is 0.116. The Hall–Kier alpha value is -1.07. The second kappa shape index (κ2) is 7.80. The van der Waals surface area contributed by atoms with Crippen molar-refractivity contribution in [3.8, 4) is 5.75 Å². The largest absolute Gasteiger partial charge is 0.494 e. The predicted octanol–water partition coefficient (Wildman–Crippen LogP) is 2.66. The summed E-state index contributed by atoms with van der Waals surface area (Å²) in [5, 5.41) is -0.116. The molecular formula is C16H25NO3S. The van der Waals surface area contributed by atoms with Gasteiger partial charge in [0, 0.05) is 6.54 Å².